The van der Waals surface area contributed by atoms with Crippen LogP contribution in [0.15, 0.2) is 46.9 Å². The summed E-state index contributed by atoms with van der Waals surface area (Å²) in [5.41, 5.74) is -0.0489. The lowest BCUT2D eigenvalue weighted by molar-refractivity contribution is -0.757. The highest BCUT2D eigenvalue weighted by Crippen LogP contribution is 2.39. The number of hydrogen-bond acceptors (Lipinski definition) is 10. The third kappa shape index (κ3) is 5.06. The summed E-state index contributed by atoms with van der Waals surface area (Å²) < 4.78 is 5.11. The fourth-order valence-electron chi connectivity index (χ4n) is 3.08. The van der Waals surface area contributed by atoms with Crippen molar-refractivity contribution in [2.75, 3.05) is 13.2 Å². The standard InChI is InChI=1S/C17H18N4O9/c1-10-14(17(22)29-7-4-8-30-21(27)28)15(16(20(25)26)11(2)18-10)12-5-3-6-13(9-12)19(23)24/h3,5-6,9,15,18H,4,7-8H2,1-2H3/t15-/m1/s1. The largest absolute Gasteiger partial charge is 0.462 e. The predicted octanol–water partition coefficient (Wildman–Crippen LogP) is 2.21. The number of nitro groups is 2. The molecule has 1 aromatic carbocycles. The SMILES string of the molecule is CC1=C(C(=O)OCCCO[N+](=O)[O-])[C@@H](c2cccc([N+](=O)[O-])c2)C([N+](=O)[O-])=C(C)N1. The van der Waals surface area contributed by atoms with Gasteiger partial charge in [-0.3, -0.25) is 20.2 Å². The monoisotopic (exact) mass is 422 g/mol. The molecular weight excluding hydrogens is 404 g/mol. The van der Waals surface area contributed by atoms with Gasteiger partial charge in [0.05, 0.1) is 34.3 Å². The summed E-state index contributed by atoms with van der Waals surface area (Å²) in [6.07, 6.45) is 0.0327. The molecule has 1 aliphatic heterocycles. The maximum absolute atomic E-state index is 12.7. The molecule has 0 amide bonds. The third-order valence-electron chi connectivity index (χ3n) is 4.27. The van der Waals surface area contributed by atoms with Crippen LogP contribution in [-0.2, 0) is 14.4 Å². The van der Waals surface area contributed by atoms with Crippen LogP contribution in [0, 0.1) is 30.3 Å². The molecule has 1 N–H and O–H groups in total. The second-order valence-corrected chi connectivity index (χ2v) is 6.26. The molecule has 1 heterocycles. The molecule has 0 radical (unpaired) electrons. The Morgan fingerprint density at radius 2 is 1.77 bits per heavy atom. The van der Waals surface area contributed by atoms with Gasteiger partial charge in [-0.2, -0.15) is 0 Å². The van der Waals surface area contributed by atoms with Gasteiger partial charge in [-0.1, -0.05) is 12.1 Å². The molecule has 30 heavy (non-hydrogen) atoms. The average Bonchev–Trinajstić information content (AvgIpc) is 2.66. The molecule has 0 saturated carbocycles. The maximum atomic E-state index is 12.7. The average molecular weight is 422 g/mol. The lowest BCUT2D eigenvalue weighted by Gasteiger charge is -2.26. The van der Waals surface area contributed by atoms with Crippen molar-refractivity contribution in [2.24, 2.45) is 0 Å². The Morgan fingerprint density at radius 3 is 2.37 bits per heavy atom. The van der Waals surface area contributed by atoms with Gasteiger partial charge in [0.25, 0.3) is 16.5 Å². The number of carbonyl (C=O) groups excluding carboxylic acids is 1. The van der Waals surface area contributed by atoms with Crippen LogP contribution in [0.3, 0.4) is 0 Å². The summed E-state index contributed by atoms with van der Waals surface area (Å²) in [5, 5.41) is 34.8. The van der Waals surface area contributed by atoms with Gasteiger partial charge in [0.1, 0.15) is 5.92 Å². The highest BCUT2D eigenvalue weighted by Gasteiger charge is 2.41. The smallest absolute Gasteiger partial charge is 0.336 e. The van der Waals surface area contributed by atoms with Crippen LogP contribution < -0.4 is 5.32 Å². The van der Waals surface area contributed by atoms with Crippen LogP contribution in [0.4, 0.5) is 5.69 Å². The minimum Gasteiger partial charge on any atom is -0.462 e. The van der Waals surface area contributed by atoms with Crippen LogP contribution in [0.25, 0.3) is 0 Å². The molecule has 160 valence electrons. The molecule has 1 atom stereocenters. The van der Waals surface area contributed by atoms with Gasteiger partial charge < -0.3 is 14.9 Å². The number of esters is 1. The molecule has 0 bridgehead atoms. The number of benzene rings is 1. The minimum atomic E-state index is -1.20. The summed E-state index contributed by atoms with van der Waals surface area (Å²) in [6, 6.07) is 5.22. The van der Waals surface area contributed by atoms with Crippen LogP contribution >= 0.6 is 0 Å². The van der Waals surface area contributed by atoms with Gasteiger partial charge in [0, 0.05) is 24.3 Å². The van der Waals surface area contributed by atoms with Crippen molar-refractivity contribution in [2.45, 2.75) is 26.2 Å². The van der Waals surface area contributed by atoms with Crippen LogP contribution in [0.5, 0.6) is 0 Å². The van der Waals surface area contributed by atoms with E-state index in [0.29, 0.717) is 5.70 Å². The number of hydrogen-bond donors (Lipinski definition) is 1. The number of nitrogens with zero attached hydrogens (tertiary/aromatic N) is 3. The number of nitro benzene ring substituents is 1. The number of carbonyl (C=O) groups is 1. The lowest BCUT2D eigenvalue weighted by atomic mass is 9.84. The zero-order chi connectivity index (χ0) is 22.4. The first-order valence-corrected chi connectivity index (χ1v) is 8.65. The van der Waals surface area contributed by atoms with Crippen LogP contribution in [0.2, 0.25) is 0 Å². The van der Waals surface area contributed by atoms with Gasteiger partial charge in [-0.05, 0) is 19.4 Å². The fraction of sp³-hybridized carbons (Fsp3) is 0.353. The zero-order valence-electron chi connectivity index (χ0n) is 16.0. The van der Waals surface area contributed by atoms with Gasteiger partial charge >= 0.3 is 5.97 Å². The van der Waals surface area contributed by atoms with Gasteiger partial charge in [-0.25, -0.2) is 4.79 Å². The van der Waals surface area contributed by atoms with Crippen molar-refractivity contribution in [3.05, 3.63) is 82.8 Å². The number of nitrogens with one attached hydrogen (secondary N) is 1. The second kappa shape index (κ2) is 9.45. The highest BCUT2D eigenvalue weighted by atomic mass is 16.9. The molecule has 1 aliphatic rings. The fourth-order valence-corrected chi connectivity index (χ4v) is 3.08. The Kier molecular flexibility index (Phi) is 7.01. The zero-order valence-corrected chi connectivity index (χ0v) is 16.0. The Bertz CT molecular complexity index is 954. The highest BCUT2D eigenvalue weighted by molar-refractivity contribution is 5.92. The minimum absolute atomic E-state index is 0.0327. The molecule has 0 aromatic heterocycles. The van der Waals surface area contributed by atoms with E-state index in [9.17, 15) is 35.1 Å². The van der Waals surface area contributed by atoms with Crippen molar-refractivity contribution in [1.29, 1.82) is 0 Å². The number of dihydropyridines is 1. The topological polar surface area (TPSA) is 177 Å². The normalized spacial score (nSPS) is 16.0. The molecule has 0 aliphatic carbocycles. The van der Waals surface area contributed by atoms with Crippen LogP contribution in [0.1, 0.15) is 31.7 Å². The first-order chi connectivity index (χ1) is 14.1. The molecule has 0 spiro atoms. The number of non-ortho nitro benzene ring substituents is 1. The molecule has 13 heteroatoms. The van der Waals surface area contributed by atoms with Crippen molar-refractivity contribution in [3.63, 3.8) is 0 Å². The first-order valence-electron chi connectivity index (χ1n) is 8.65. The van der Waals surface area contributed by atoms with E-state index in [2.05, 4.69) is 10.2 Å². The van der Waals surface area contributed by atoms with E-state index in [1.54, 1.807) is 0 Å². The third-order valence-corrected chi connectivity index (χ3v) is 4.27. The van der Waals surface area contributed by atoms with E-state index < -0.39 is 26.8 Å². The summed E-state index contributed by atoms with van der Waals surface area (Å²) in [4.78, 5) is 48.5. The van der Waals surface area contributed by atoms with Crippen LogP contribution in [-0.4, -0.2) is 34.1 Å². The van der Waals surface area contributed by atoms with Crippen molar-refractivity contribution < 1.29 is 29.3 Å². The molecule has 0 saturated heterocycles. The van der Waals surface area contributed by atoms with Gasteiger partial charge in [0.15, 0.2) is 0 Å². The summed E-state index contributed by atoms with van der Waals surface area (Å²) in [5.74, 6) is -2.09. The Labute approximate surface area is 169 Å². The van der Waals surface area contributed by atoms with E-state index in [4.69, 9.17) is 4.74 Å². The maximum Gasteiger partial charge on any atom is 0.336 e. The Hall–Kier alpha value is -4.03. The van der Waals surface area contributed by atoms with E-state index in [1.165, 1.54) is 32.0 Å². The predicted molar refractivity (Wildman–Crippen MR) is 99.9 cm³/mol. The summed E-state index contributed by atoms with van der Waals surface area (Å²) >= 11 is 0. The quantitative estimate of drug-likeness (QED) is 0.268. The lowest BCUT2D eigenvalue weighted by Crippen LogP contribution is -2.31. The Balaban J connectivity index is 2.38. The number of allylic oxidation sites excluding steroid dienone is 3. The van der Waals surface area contributed by atoms with Crippen molar-refractivity contribution >= 4 is 11.7 Å². The molecule has 2 rings (SSSR count). The Morgan fingerprint density at radius 1 is 1.07 bits per heavy atom. The van der Waals surface area contributed by atoms with Gasteiger partial charge in [0.2, 0.25) is 0 Å². The molecule has 0 unspecified atom stereocenters. The second-order valence-electron chi connectivity index (χ2n) is 6.26. The van der Waals surface area contributed by atoms with Crippen molar-refractivity contribution in [3.8, 4) is 0 Å². The molecular formula is C17H18N4O9. The number of ether oxygens (including phenoxy) is 1. The van der Waals surface area contributed by atoms with E-state index >= 15 is 0 Å². The first kappa shape index (κ1) is 22.3. The van der Waals surface area contributed by atoms with E-state index in [1.807, 2.05) is 0 Å². The summed E-state index contributed by atoms with van der Waals surface area (Å²) in [7, 11) is 0. The van der Waals surface area contributed by atoms with E-state index in [-0.39, 0.29) is 47.9 Å². The molecule has 1 aromatic rings. The van der Waals surface area contributed by atoms with Gasteiger partial charge in [-0.15, -0.1) is 10.1 Å². The summed E-state index contributed by atoms with van der Waals surface area (Å²) in [6.45, 7) is 2.48. The molecule has 0 fully saturated rings. The number of rotatable bonds is 9. The van der Waals surface area contributed by atoms with Crippen molar-refractivity contribution in [1.82, 2.24) is 5.32 Å². The van der Waals surface area contributed by atoms with E-state index in [0.717, 1.165) is 6.07 Å². The molecule has 13 nitrogen and oxygen atoms in total.